The Morgan fingerprint density at radius 2 is 1.62 bits per heavy atom. The van der Waals surface area contributed by atoms with Gasteiger partial charge in [-0.3, -0.25) is 4.79 Å². The van der Waals surface area contributed by atoms with Crippen LogP contribution in [0.25, 0.3) is 0 Å². The van der Waals surface area contributed by atoms with Crippen LogP contribution in [0.1, 0.15) is 106 Å². The van der Waals surface area contributed by atoms with Gasteiger partial charge in [0.25, 0.3) is 0 Å². The maximum atomic E-state index is 15.2. The number of fused-ring (bicyclic) bond motifs is 4. The average molecular weight is 667 g/mol. The SMILES string of the molecule is CC(C)(C)OC(=O)c1cccc(C#Cc2ccc([C@H]3C[C@@]4(C)C(CC[C@@]4(O)C(F)(F)C(F)(F)F)C4CCC5=CC(=O)CCC5=C43)cc2)c1. The maximum absolute atomic E-state index is 15.2. The minimum Gasteiger partial charge on any atom is -0.456 e. The van der Waals surface area contributed by atoms with Crippen LogP contribution in [-0.2, 0) is 9.53 Å². The highest BCUT2D eigenvalue weighted by Crippen LogP contribution is 2.70. The summed E-state index contributed by atoms with van der Waals surface area (Å²) in [5.74, 6) is -0.948. The van der Waals surface area contributed by atoms with Gasteiger partial charge in [-0.25, -0.2) is 4.79 Å². The van der Waals surface area contributed by atoms with Crippen LogP contribution >= 0.6 is 0 Å². The molecule has 0 aromatic heterocycles. The van der Waals surface area contributed by atoms with E-state index in [0.29, 0.717) is 42.4 Å². The number of carbonyl (C=O) groups is 2. The van der Waals surface area contributed by atoms with E-state index in [2.05, 4.69) is 11.8 Å². The lowest BCUT2D eigenvalue weighted by Crippen LogP contribution is -2.65. The summed E-state index contributed by atoms with van der Waals surface area (Å²) in [5.41, 5.74) is -0.305. The van der Waals surface area contributed by atoms with Crippen molar-refractivity contribution in [3.05, 3.63) is 93.6 Å². The zero-order valence-electron chi connectivity index (χ0n) is 27.4. The molecule has 0 radical (unpaired) electrons. The van der Waals surface area contributed by atoms with Crippen molar-refractivity contribution >= 4 is 11.8 Å². The Morgan fingerprint density at radius 1 is 0.938 bits per heavy atom. The van der Waals surface area contributed by atoms with Gasteiger partial charge >= 0.3 is 18.1 Å². The number of halogens is 5. The lowest BCUT2D eigenvalue weighted by Gasteiger charge is -2.56. The minimum absolute atomic E-state index is 0.0321. The van der Waals surface area contributed by atoms with E-state index in [0.717, 1.165) is 22.3 Å². The third kappa shape index (κ3) is 5.70. The summed E-state index contributed by atoms with van der Waals surface area (Å²) < 4.78 is 77.5. The smallest absolute Gasteiger partial charge is 0.456 e. The largest absolute Gasteiger partial charge is 0.456 e. The predicted molar refractivity (Wildman–Crippen MR) is 170 cm³/mol. The Balaban J connectivity index is 1.36. The molecule has 6 rings (SSSR count). The van der Waals surface area contributed by atoms with Crippen LogP contribution in [-0.4, -0.2) is 40.2 Å². The molecule has 0 heterocycles. The molecule has 254 valence electrons. The molecule has 4 aliphatic rings. The van der Waals surface area contributed by atoms with Gasteiger partial charge in [0, 0.05) is 28.9 Å². The number of hydrogen-bond donors (Lipinski definition) is 1. The summed E-state index contributed by atoms with van der Waals surface area (Å²) in [7, 11) is 0. The second kappa shape index (κ2) is 11.7. The standard InChI is InChI=1S/C39H39F5O4/c1-35(2,3)48-34(46)27-7-5-6-24(20-27)9-8-23-10-12-25(13-11-23)31-22-36(4)32(18-19-37(36,47)38(40,41)39(42,43)44)30-16-14-26-21-28(45)15-17-29(26)33(30)31/h5-7,10-13,20-21,30-32,47H,14-19,22H2,1-4H3/t30?,31-,32?,36+,37+/m1/s1. The van der Waals surface area contributed by atoms with Gasteiger partial charge in [-0.15, -0.1) is 0 Å². The van der Waals surface area contributed by atoms with E-state index in [-0.39, 0.29) is 24.5 Å². The van der Waals surface area contributed by atoms with E-state index in [4.69, 9.17) is 4.74 Å². The number of esters is 1. The van der Waals surface area contributed by atoms with E-state index >= 15 is 8.78 Å². The van der Waals surface area contributed by atoms with E-state index < -0.39 is 52.9 Å². The van der Waals surface area contributed by atoms with E-state index in [1.165, 1.54) is 6.92 Å². The molecule has 4 aliphatic carbocycles. The number of benzene rings is 2. The Labute approximate surface area is 277 Å². The quantitative estimate of drug-likeness (QED) is 0.202. The lowest BCUT2D eigenvalue weighted by molar-refractivity contribution is -0.362. The van der Waals surface area contributed by atoms with Crippen molar-refractivity contribution < 1.29 is 41.4 Å². The summed E-state index contributed by atoms with van der Waals surface area (Å²) in [6, 6.07) is 14.0. The first kappa shape index (κ1) is 34.1. The first-order valence-corrected chi connectivity index (χ1v) is 16.4. The lowest BCUT2D eigenvalue weighted by atomic mass is 9.50. The molecule has 0 amide bonds. The van der Waals surface area contributed by atoms with E-state index in [1.807, 2.05) is 12.1 Å². The third-order valence-electron chi connectivity index (χ3n) is 10.9. The molecule has 48 heavy (non-hydrogen) atoms. The molecule has 4 nitrogen and oxygen atoms in total. The zero-order valence-corrected chi connectivity index (χ0v) is 27.4. The van der Waals surface area contributed by atoms with Gasteiger partial charge in [-0.05, 0) is 124 Å². The molecule has 2 aromatic carbocycles. The van der Waals surface area contributed by atoms with Crippen LogP contribution < -0.4 is 0 Å². The number of hydrogen-bond acceptors (Lipinski definition) is 4. The molecule has 2 saturated carbocycles. The third-order valence-corrected chi connectivity index (χ3v) is 10.9. The van der Waals surface area contributed by atoms with Crippen LogP contribution in [0.3, 0.4) is 0 Å². The van der Waals surface area contributed by atoms with Crippen molar-refractivity contribution in [1.82, 2.24) is 0 Å². The Hall–Kier alpha value is -3.77. The number of ether oxygens (including phenoxy) is 1. The van der Waals surface area contributed by atoms with Gasteiger partial charge in [0.05, 0.1) is 5.56 Å². The molecule has 9 heteroatoms. The maximum Gasteiger partial charge on any atom is 0.456 e. The molecule has 5 atom stereocenters. The fourth-order valence-corrected chi connectivity index (χ4v) is 8.72. The summed E-state index contributed by atoms with van der Waals surface area (Å²) in [4.78, 5) is 24.8. The Bertz CT molecular complexity index is 1770. The average Bonchev–Trinajstić information content (AvgIpc) is 3.29. The molecule has 0 bridgehead atoms. The fourth-order valence-electron chi connectivity index (χ4n) is 8.72. The number of aliphatic hydroxyl groups is 1. The highest BCUT2D eigenvalue weighted by atomic mass is 19.4. The van der Waals surface area contributed by atoms with Crippen LogP contribution in [0.5, 0.6) is 0 Å². The van der Waals surface area contributed by atoms with Crippen molar-refractivity contribution in [3.63, 3.8) is 0 Å². The van der Waals surface area contributed by atoms with Gasteiger partial charge in [-0.1, -0.05) is 42.5 Å². The first-order chi connectivity index (χ1) is 22.3. The molecule has 2 unspecified atom stereocenters. The van der Waals surface area contributed by atoms with Gasteiger partial charge in [0.15, 0.2) is 5.78 Å². The molecule has 1 N–H and O–H groups in total. The second-order valence-corrected chi connectivity index (χ2v) is 14.9. The molecule has 2 aromatic rings. The molecular formula is C39H39F5O4. The highest BCUT2D eigenvalue weighted by molar-refractivity contribution is 5.93. The highest BCUT2D eigenvalue weighted by Gasteiger charge is 2.79. The van der Waals surface area contributed by atoms with Crippen molar-refractivity contribution in [2.45, 2.75) is 102 Å². The number of alkyl halides is 5. The normalized spacial score (nSPS) is 28.8. The van der Waals surface area contributed by atoms with Gasteiger partial charge < -0.3 is 9.84 Å². The monoisotopic (exact) mass is 666 g/mol. The zero-order chi connectivity index (χ0) is 34.9. The number of allylic oxidation sites excluding steroid dienone is 4. The van der Waals surface area contributed by atoms with Crippen LogP contribution in [0.15, 0.2) is 71.3 Å². The van der Waals surface area contributed by atoms with Crippen molar-refractivity contribution in [1.29, 1.82) is 0 Å². The molecular weight excluding hydrogens is 627 g/mol. The second-order valence-electron chi connectivity index (χ2n) is 14.9. The summed E-state index contributed by atoms with van der Waals surface area (Å²) in [5, 5.41) is 11.5. The first-order valence-electron chi connectivity index (χ1n) is 16.4. The molecule has 2 fully saturated rings. The number of carbonyl (C=O) groups excluding carboxylic acids is 2. The Kier molecular flexibility index (Phi) is 8.30. The molecule has 0 aliphatic heterocycles. The van der Waals surface area contributed by atoms with Gasteiger partial charge in [-0.2, -0.15) is 22.0 Å². The van der Waals surface area contributed by atoms with E-state index in [9.17, 15) is 27.9 Å². The Morgan fingerprint density at radius 3 is 2.29 bits per heavy atom. The summed E-state index contributed by atoms with van der Waals surface area (Å²) in [6.07, 6.45) is -3.00. The van der Waals surface area contributed by atoms with Crippen LogP contribution in [0.2, 0.25) is 0 Å². The summed E-state index contributed by atoms with van der Waals surface area (Å²) in [6.45, 7) is 6.77. The topological polar surface area (TPSA) is 63.6 Å². The molecule has 0 spiro atoms. The number of ketones is 1. The van der Waals surface area contributed by atoms with E-state index in [1.54, 1.807) is 63.2 Å². The number of rotatable bonds is 3. The van der Waals surface area contributed by atoms with Crippen molar-refractivity contribution in [2.75, 3.05) is 0 Å². The van der Waals surface area contributed by atoms with Crippen molar-refractivity contribution in [3.8, 4) is 11.8 Å². The predicted octanol–water partition coefficient (Wildman–Crippen LogP) is 8.87. The minimum atomic E-state index is -5.90. The molecule has 0 saturated heterocycles. The fraction of sp³-hybridized carbons (Fsp3) is 0.487. The van der Waals surface area contributed by atoms with Crippen LogP contribution in [0.4, 0.5) is 22.0 Å². The van der Waals surface area contributed by atoms with Crippen LogP contribution in [0, 0.1) is 29.1 Å². The van der Waals surface area contributed by atoms with Gasteiger partial charge in [0.1, 0.15) is 11.2 Å². The summed E-state index contributed by atoms with van der Waals surface area (Å²) >= 11 is 0. The van der Waals surface area contributed by atoms with Gasteiger partial charge in [0.2, 0.25) is 0 Å². The van der Waals surface area contributed by atoms with Crippen molar-refractivity contribution in [2.24, 2.45) is 17.3 Å².